The predicted molar refractivity (Wildman–Crippen MR) is 70.8 cm³/mol. The summed E-state index contributed by atoms with van der Waals surface area (Å²) in [7, 11) is 0. The molecule has 1 saturated carbocycles. The van der Waals surface area contributed by atoms with Gasteiger partial charge >= 0.3 is 6.09 Å². The minimum atomic E-state index is -0.432. The second-order valence-corrected chi connectivity index (χ2v) is 7.57. The minimum Gasteiger partial charge on any atom is -0.444 e. The molecule has 19 heavy (non-hydrogen) atoms. The molecule has 2 aliphatic heterocycles. The highest BCUT2D eigenvalue weighted by molar-refractivity contribution is 5.86. The maximum Gasteiger partial charge on any atom is 0.410 e. The van der Waals surface area contributed by atoms with Crippen molar-refractivity contribution in [2.24, 2.45) is 5.41 Å². The van der Waals surface area contributed by atoms with Crippen LogP contribution in [0.4, 0.5) is 4.79 Å². The van der Waals surface area contributed by atoms with Gasteiger partial charge in [0.15, 0.2) is 0 Å². The van der Waals surface area contributed by atoms with Gasteiger partial charge in [0.1, 0.15) is 11.4 Å². The number of Topliss-reactive ketones (excluding diaryl/α,β-unsaturated/α-hetero) is 1. The van der Waals surface area contributed by atoms with Crippen LogP contribution in [-0.2, 0) is 9.53 Å². The van der Waals surface area contributed by atoms with Crippen LogP contribution >= 0.6 is 0 Å². The van der Waals surface area contributed by atoms with Crippen LogP contribution in [0.5, 0.6) is 0 Å². The number of ether oxygens (including phenoxy) is 1. The zero-order chi connectivity index (χ0) is 13.8. The number of rotatable bonds is 0. The van der Waals surface area contributed by atoms with Crippen molar-refractivity contribution in [3.63, 3.8) is 0 Å². The molecular formula is C15H23NO3. The van der Waals surface area contributed by atoms with Crippen molar-refractivity contribution in [1.82, 2.24) is 4.90 Å². The Balaban J connectivity index is 1.70. The van der Waals surface area contributed by atoms with E-state index in [1.165, 1.54) is 0 Å². The molecule has 2 unspecified atom stereocenters. The summed E-state index contributed by atoms with van der Waals surface area (Å²) in [5.41, 5.74) is -0.209. The summed E-state index contributed by atoms with van der Waals surface area (Å²) in [6.07, 6.45) is 5.44. The normalized spacial score (nSPS) is 32.4. The molecule has 3 rings (SSSR count). The summed E-state index contributed by atoms with van der Waals surface area (Å²) in [4.78, 5) is 25.6. The van der Waals surface area contributed by atoms with Crippen molar-refractivity contribution in [3.8, 4) is 0 Å². The third kappa shape index (κ3) is 2.26. The molecule has 0 aromatic rings. The van der Waals surface area contributed by atoms with Crippen LogP contribution in [0, 0.1) is 5.41 Å². The Morgan fingerprint density at radius 3 is 2.16 bits per heavy atom. The molecule has 1 amide bonds. The number of hydrogen-bond donors (Lipinski definition) is 0. The van der Waals surface area contributed by atoms with E-state index >= 15 is 0 Å². The fourth-order valence-corrected chi connectivity index (χ4v) is 4.13. The molecule has 2 bridgehead atoms. The Bertz CT molecular complexity index is 400. The van der Waals surface area contributed by atoms with Crippen LogP contribution in [-0.4, -0.2) is 34.5 Å². The van der Waals surface area contributed by atoms with E-state index < -0.39 is 5.60 Å². The fraction of sp³-hybridized carbons (Fsp3) is 0.867. The van der Waals surface area contributed by atoms with Gasteiger partial charge in [-0.15, -0.1) is 0 Å². The molecule has 3 fully saturated rings. The minimum absolute atomic E-state index is 0.166. The van der Waals surface area contributed by atoms with Crippen LogP contribution < -0.4 is 0 Å². The number of ketones is 1. The van der Waals surface area contributed by atoms with E-state index in [0.29, 0.717) is 17.9 Å². The van der Waals surface area contributed by atoms with Gasteiger partial charge in [-0.1, -0.05) is 0 Å². The Hall–Kier alpha value is -1.06. The average Bonchev–Trinajstić information content (AvgIpc) is 2.47. The van der Waals surface area contributed by atoms with Crippen molar-refractivity contribution in [2.45, 2.75) is 77.0 Å². The lowest BCUT2D eigenvalue weighted by Gasteiger charge is -2.50. The summed E-state index contributed by atoms with van der Waals surface area (Å²) in [5, 5.41) is 0. The van der Waals surface area contributed by atoms with E-state index in [1.54, 1.807) is 0 Å². The lowest BCUT2D eigenvalue weighted by atomic mass is 9.60. The Kier molecular flexibility index (Phi) is 2.70. The number of carbonyl (C=O) groups excluding carboxylic acids is 2. The third-order valence-corrected chi connectivity index (χ3v) is 4.71. The highest BCUT2D eigenvalue weighted by Gasteiger charge is 2.55. The molecule has 1 aliphatic carbocycles. The lowest BCUT2D eigenvalue weighted by molar-refractivity contribution is -0.137. The Morgan fingerprint density at radius 1 is 1.21 bits per heavy atom. The monoisotopic (exact) mass is 265 g/mol. The van der Waals surface area contributed by atoms with E-state index in [2.05, 4.69) is 0 Å². The number of amides is 1. The molecule has 3 aliphatic rings. The van der Waals surface area contributed by atoms with Gasteiger partial charge in [0.05, 0.1) is 0 Å². The largest absolute Gasteiger partial charge is 0.444 e. The summed E-state index contributed by atoms with van der Waals surface area (Å²) >= 11 is 0. The molecule has 2 saturated heterocycles. The summed E-state index contributed by atoms with van der Waals surface area (Å²) in [6.45, 7) is 5.72. The van der Waals surface area contributed by atoms with Gasteiger partial charge < -0.3 is 9.64 Å². The number of carbonyl (C=O) groups is 2. The van der Waals surface area contributed by atoms with E-state index in [0.717, 1.165) is 38.5 Å². The topological polar surface area (TPSA) is 46.6 Å². The maximum absolute atomic E-state index is 12.3. The molecule has 2 heterocycles. The SMILES string of the molecule is CC(C)(C)OC(=O)N1C2CCC1CC1(CC(=O)C1)C2. The van der Waals surface area contributed by atoms with E-state index in [4.69, 9.17) is 4.74 Å². The van der Waals surface area contributed by atoms with Crippen LogP contribution in [0.25, 0.3) is 0 Å². The molecule has 4 nitrogen and oxygen atoms in total. The summed E-state index contributed by atoms with van der Waals surface area (Å²) in [5.74, 6) is 0.394. The molecule has 4 heteroatoms. The predicted octanol–water partition coefficient (Wildman–Crippen LogP) is 2.90. The van der Waals surface area contributed by atoms with E-state index in [-0.39, 0.29) is 11.5 Å². The van der Waals surface area contributed by atoms with Crippen LogP contribution in [0.1, 0.15) is 59.3 Å². The highest BCUT2D eigenvalue weighted by atomic mass is 16.6. The first-order valence-electron chi connectivity index (χ1n) is 7.31. The van der Waals surface area contributed by atoms with Crippen molar-refractivity contribution >= 4 is 11.9 Å². The smallest absolute Gasteiger partial charge is 0.410 e. The molecule has 0 aromatic heterocycles. The zero-order valence-electron chi connectivity index (χ0n) is 12.1. The van der Waals surface area contributed by atoms with Crippen LogP contribution in [0.15, 0.2) is 0 Å². The molecule has 106 valence electrons. The van der Waals surface area contributed by atoms with Gasteiger partial charge in [-0.3, -0.25) is 4.79 Å². The Morgan fingerprint density at radius 2 is 1.74 bits per heavy atom. The fourth-order valence-electron chi connectivity index (χ4n) is 4.13. The van der Waals surface area contributed by atoms with Crippen LogP contribution in [0.3, 0.4) is 0 Å². The van der Waals surface area contributed by atoms with E-state index in [1.807, 2.05) is 25.7 Å². The van der Waals surface area contributed by atoms with Gasteiger partial charge in [0, 0.05) is 24.9 Å². The van der Waals surface area contributed by atoms with E-state index in [9.17, 15) is 9.59 Å². The van der Waals surface area contributed by atoms with Gasteiger partial charge in [-0.05, 0) is 51.9 Å². The molecule has 0 aromatic carbocycles. The number of fused-ring (bicyclic) bond motifs is 2. The molecular weight excluding hydrogens is 242 g/mol. The first-order valence-corrected chi connectivity index (χ1v) is 7.31. The second kappa shape index (κ2) is 3.97. The maximum atomic E-state index is 12.3. The van der Waals surface area contributed by atoms with Crippen molar-refractivity contribution in [1.29, 1.82) is 0 Å². The highest BCUT2D eigenvalue weighted by Crippen LogP contribution is 2.54. The van der Waals surface area contributed by atoms with Crippen LogP contribution in [0.2, 0.25) is 0 Å². The molecule has 0 radical (unpaired) electrons. The average molecular weight is 265 g/mol. The van der Waals surface area contributed by atoms with Gasteiger partial charge in [-0.2, -0.15) is 0 Å². The van der Waals surface area contributed by atoms with Crippen molar-refractivity contribution in [3.05, 3.63) is 0 Å². The Labute approximate surface area is 114 Å². The number of nitrogens with zero attached hydrogens (tertiary/aromatic N) is 1. The molecule has 2 atom stereocenters. The quantitative estimate of drug-likeness (QED) is 0.676. The van der Waals surface area contributed by atoms with Gasteiger partial charge in [0.2, 0.25) is 0 Å². The zero-order valence-corrected chi connectivity index (χ0v) is 12.1. The number of hydrogen-bond acceptors (Lipinski definition) is 3. The molecule has 1 spiro atoms. The third-order valence-electron chi connectivity index (χ3n) is 4.71. The second-order valence-electron chi connectivity index (χ2n) is 7.57. The lowest BCUT2D eigenvalue weighted by Crippen LogP contribution is -2.55. The van der Waals surface area contributed by atoms with Crippen molar-refractivity contribution < 1.29 is 14.3 Å². The van der Waals surface area contributed by atoms with Gasteiger partial charge in [0.25, 0.3) is 0 Å². The first kappa shape index (κ1) is 12.9. The van der Waals surface area contributed by atoms with Gasteiger partial charge in [-0.25, -0.2) is 4.79 Å². The first-order chi connectivity index (χ1) is 8.78. The summed E-state index contributed by atoms with van der Waals surface area (Å²) < 4.78 is 5.52. The van der Waals surface area contributed by atoms with Crippen molar-refractivity contribution in [2.75, 3.05) is 0 Å². The standard InChI is InChI=1S/C15H23NO3/c1-14(2,3)19-13(18)16-10-4-5-11(16)7-15(6-10)8-12(17)9-15/h10-11H,4-9H2,1-3H3. The number of piperidine rings is 1. The molecule has 0 N–H and O–H groups in total. The summed E-state index contributed by atoms with van der Waals surface area (Å²) in [6, 6.07) is 0.586.